The summed E-state index contributed by atoms with van der Waals surface area (Å²) in [5, 5.41) is 0. The van der Waals surface area contributed by atoms with Crippen molar-refractivity contribution in [3.63, 3.8) is 0 Å². The second-order valence-electron chi connectivity index (χ2n) is 4.07. The first-order valence-electron chi connectivity index (χ1n) is 4.71. The third-order valence-electron chi connectivity index (χ3n) is 1.98. The van der Waals surface area contributed by atoms with Crippen molar-refractivity contribution in [1.29, 1.82) is 0 Å². The van der Waals surface area contributed by atoms with Gasteiger partial charge in [0.1, 0.15) is 0 Å². The molecule has 2 unspecified atom stereocenters. The second kappa shape index (κ2) is 6.51. The van der Waals surface area contributed by atoms with Gasteiger partial charge >= 0.3 is 11.4 Å². The van der Waals surface area contributed by atoms with Crippen molar-refractivity contribution in [2.45, 2.75) is 46.6 Å². The van der Waals surface area contributed by atoms with Crippen LogP contribution in [0, 0.1) is 11.8 Å². The zero-order chi connectivity index (χ0) is 10.4. The van der Waals surface area contributed by atoms with E-state index in [2.05, 4.69) is 13.8 Å². The summed E-state index contributed by atoms with van der Waals surface area (Å²) in [5.41, 5.74) is 0. The maximum Gasteiger partial charge on any atom is 0.302 e. The van der Waals surface area contributed by atoms with E-state index in [-0.39, 0.29) is 12.0 Å². The van der Waals surface area contributed by atoms with Crippen LogP contribution in [0.1, 0.15) is 40.5 Å². The topological polar surface area (TPSA) is 46.5 Å². The van der Waals surface area contributed by atoms with Crippen LogP contribution in [-0.4, -0.2) is 14.9 Å². The fourth-order valence-corrected chi connectivity index (χ4v) is 1.63. The van der Waals surface area contributed by atoms with E-state index in [1.165, 1.54) is 0 Å². The van der Waals surface area contributed by atoms with Crippen molar-refractivity contribution in [2.24, 2.45) is 11.8 Å². The van der Waals surface area contributed by atoms with Gasteiger partial charge in [-0.05, 0) is 24.7 Å². The highest BCUT2D eigenvalue weighted by atomic mass is 32.2. The van der Waals surface area contributed by atoms with Gasteiger partial charge in [-0.15, -0.1) is 0 Å². The molecule has 80 valence electrons. The van der Waals surface area contributed by atoms with Crippen LogP contribution in [0.2, 0.25) is 0 Å². The fourth-order valence-electron chi connectivity index (χ4n) is 1.10. The summed E-state index contributed by atoms with van der Waals surface area (Å²) < 4.78 is 23.9. The lowest BCUT2D eigenvalue weighted by Crippen LogP contribution is -2.21. The summed E-state index contributed by atoms with van der Waals surface area (Å²) in [6.07, 6.45) is 1.77. The Balaban J connectivity index is 3.88. The Bertz CT molecular complexity index is 157. The number of hydrogen-bond acceptors (Lipinski definition) is 2. The number of rotatable bonds is 6. The van der Waals surface area contributed by atoms with Gasteiger partial charge in [-0.1, -0.05) is 27.7 Å². The summed E-state index contributed by atoms with van der Waals surface area (Å²) in [6.45, 7) is 8.26. The molecule has 4 heteroatoms. The normalized spacial score (nSPS) is 16.5. The van der Waals surface area contributed by atoms with Crippen molar-refractivity contribution < 1.29 is 12.9 Å². The van der Waals surface area contributed by atoms with Crippen LogP contribution >= 0.6 is 0 Å². The molecule has 13 heavy (non-hydrogen) atoms. The average molecular weight is 208 g/mol. The van der Waals surface area contributed by atoms with Crippen LogP contribution in [-0.2, 0) is 15.5 Å². The Morgan fingerprint density at radius 2 is 1.77 bits per heavy atom. The van der Waals surface area contributed by atoms with Gasteiger partial charge in [-0.3, -0.25) is 8.74 Å². The molecule has 0 aliphatic carbocycles. The summed E-state index contributed by atoms with van der Waals surface area (Å²) >= 11 is -2.13. The van der Waals surface area contributed by atoms with E-state index in [0.29, 0.717) is 5.92 Å². The molecule has 0 amide bonds. The Morgan fingerprint density at radius 1 is 1.23 bits per heavy atom. The minimum atomic E-state index is -2.13. The first kappa shape index (κ1) is 13.1. The van der Waals surface area contributed by atoms with Gasteiger partial charge in [-0.25, -0.2) is 0 Å². The van der Waals surface area contributed by atoms with Gasteiger partial charge < -0.3 is 0 Å². The zero-order valence-electron chi connectivity index (χ0n) is 8.82. The first-order valence-corrected chi connectivity index (χ1v) is 5.74. The van der Waals surface area contributed by atoms with Crippen molar-refractivity contribution in [3.05, 3.63) is 0 Å². The molecule has 0 radical (unpaired) electrons. The van der Waals surface area contributed by atoms with E-state index in [4.69, 9.17) is 8.74 Å². The molecule has 0 bridgehead atoms. The van der Waals surface area contributed by atoms with Gasteiger partial charge in [-0.2, -0.15) is 4.21 Å². The number of hydrogen-bond donors (Lipinski definition) is 1. The lowest BCUT2D eigenvalue weighted by Gasteiger charge is -2.19. The molecular formula is C9H20O3S. The molecule has 2 atom stereocenters. The molecule has 1 N–H and O–H groups in total. The summed E-state index contributed by atoms with van der Waals surface area (Å²) in [4.78, 5) is 0. The molecule has 0 spiro atoms. The van der Waals surface area contributed by atoms with Crippen LogP contribution in [0.25, 0.3) is 0 Å². The van der Waals surface area contributed by atoms with Crippen molar-refractivity contribution in [1.82, 2.24) is 0 Å². The van der Waals surface area contributed by atoms with E-state index < -0.39 is 11.4 Å². The predicted octanol–water partition coefficient (Wildman–Crippen LogP) is 2.60. The van der Waals surface area contributed by atoms with Crippen LogP contribution in [0.15, 0.2) is 0 Å². The van der Waals surface area contributed by atoms with E-state index in [9.17, 15) is 4.21 Å². The predicted molar refractivity (Wildman–Crippen MR) is 54.6 cm³/mol. The molecular weight excluding hydrogens is 188 g/mol. The molecule has 3 nitrogen and oxygen atoms in total. The molecule has 0 aromatic carbocycles. The zero-order valence-corrected chi connectivity index (χ0v) is 9.63. The molecule has 0 aromatic rings. The molecule has 0 fully saturated rings. The van der Waals surface area contributed by atoms with Gasteiger partial charge in [0, 0.05) is 0 Å². The van der Waals surface area contributed by atoms with Crippen LogP contribution in [0.3, 0.4) is 0 Å². The summed E-state index contributed by atoms with van der Waals surface area (Å²) in [5.74, 6) is 0.895. The SMILES string of the molecule is CC(C)CCC(OS(=O)O)C(C)C. The Labute approximate surface area is 83.4 Å². The Morgan fingerprint density at radius 3 is 2.08 bits per heavy atom. The van der Waals surface area contributed by atoms with Crippen LogP contribution in [0.5, 0.6) is 0 Å². The van der Waals surface area contributed by atoms with Gasteiger partial charge in [0.05, 0.1) is 6.10 Å². The fraction of sp³-hybridized carbons (Fsp3) is 1.00. The second-order valence-corrected chi connectivity index (χ2v) is 4.69. The maximum absolute atomic E-state index is 10.4. The van der Waals surface area contributed by atoms with E-state index in [1.54, 1.807) is 0 Å². The minimum absolute atomic E-state index is 0.103. The third-order valence-corrected chi connectivity index (χ3v) is 2.39. The van der Waals surface area contributed by atoms with Crippen molar-refractivity contribution in [3.8, 4) is 0 Å². The van der Waals surface area contributed by atoms with E-state index in [0.717, 1.165) is 12.8 Å². The average Bonchev–Trinajstić information content (AvgIpc) is 1.96. The first-order chi connectivity index (χ1) is 5.93. The molecule has 0 aliphatic rings. The third kappa shape index (κ3) is 7.16. The highest BCUT2D eigenvalue weighted by Crippen LogP contribution is 2.16. The molecule has 0 saturated heterocycles. The lowest BCUT2D eigenvalue weighted by atomic mass is 9.98. The van der Waals surface area contributed by atoms with Crippen LogP contribution < -0.4 is 0 Å². The van der Waals surface area contributed by atoms with Crippen LogP contribution in [0.4, 0.5) is 0 Å². The summed E-state index contributed by atoms with van der Waals surface area (Å²) in [6, 6.07) is 0. The van der Waals surface area contributed by atoms with E-state index in [1.807, 2.05) is 13.8 Å². The molecule has 0 saturated carbocycles. The highest BCUT2D eigenvalue weighted by Gasteiger charge is 2.16. The molecule has 0 rings (SSSR count). The lowest BCUT2D eigenvalue weighted by molar-refractivity contribution is 0.139. The Kier molecular flexibility index (Phi) is 6.55. The summed E-state index contributed by atoms with van der Waals surface area (Å²) in [7, 11) is 0. The quantitative estimate of drug-likeness (QED) is 0.682. The van der Waals surface area contributed by atoms with Gasteiger partial charge in [0.15, 0.2) is 0 Å². The molecule has 0 aromatic heterocycles. The highest BCUT2D eigenvalue weighted by molar-refractivity contribution is 7.74. The minimum Gasteiger partial charge on any atom is -0.284 e. The molecule has 0 heterocycles. The van der Waals surface area contributed by atoms with Gasteiger partial charge in [0.25, 0.3) is 0 Å². The van der Waals surface area contributed by atoms with Gasteiger partial charge in [0.2, 0.25) is 0 Å². The van der Waals surface area contributed by atoms with E-state index >= 15 is 0 Å². The van der Waals surface area contributed by atoms with Crippen molar-refractivity contribution in [2.75, 3.05) is 0 Å². The Hall–Kier alpha value is 0.0700. The van der Waals surface area contributed by atoms with Crippen molar-refractivity contribution >= 4 is 11.4 Å². The molecule has 0 aliphatic heterocycles. The largest absolute Gasteiger partial charge is 0.302 e. The standard InChI is InChI=1S/C9H20O3S/c1-7(2)5-6-9(8(3)4)12-13(10)11/h7-9H,5-6H2,1-4H3,(H,10,11). The smallest absolute Gasteiger partial charge is 0.284 e. The maximum atomic E-state index is 10.4. The monoisotopic (exact) mass is 208 g/mol.